The van der Waals surface area contributed by atoms with E-state index in [1.54, 1.807) is 7.11 Å². The van der Waals surface area contributed by atoms with Crippen molar-refractivity contribution < 1.29 is 14.6 Å². The molecule has 1 unspecified atom stereocenters. The summed E-state index contributed by atoms with van der Waals surface area (Å²) in [6.45, 7) is 1.16. The summed E-state index contributed by atoms with van der Waals surface area (Å²) < 4.78 is 5.21. The van der Waals surface area contributed by atoms with Gasteiger partial charge >= 0.3 is 5.97 Å². The summed E-state index contributed by atoms with van der Waals surface area (Å²) in [6, 6.07) is 7.85. The van der Waals surface area contributed by atoms with Gasteiger partial charge in [0.05, 0.1) is 25.9 Å². The number of hydrogen-bond donors (Lipinski definition) is 2. The minimum atomic E-state index is -0.866. The standard InChI is InChI=1S/C18H19N5O3S/c1-26-12-5-3-10(4-6-12)8-23-9-11-7-13(18(24)25)15-14(11)16(20-22-19-15)17(21-23)27-2/h3-6,13,22H,7-9H2,1-2H3,(H,24,25). The maximum atomic E-state index is 11.7. The zero-order chi connectivity index (χ0) is 19.0. The maximum Gasteiger partial charge on any atom is 0.313 e. The number of benzene rings is 1. The fraction of sp³-hybridized carbons (Fsp3) is 0.333. The average Bonchev–Trinajstić information content (AvgIpc) is 2.97. The van der Waals surface area contributed by atoms with Gasteiger partial charge in [0, 0.05) is 5.57 Å². The summed E-state index contributed by atoms with van der Waals surface area (Å²) >= 11 is 1.49. The molecule has 0 radical (unpaired) electrons. The molecule has 8 nitrogen and oxygen atoms in total. The number of nitrogens with zero attached hydrogens (tertiary/aromatic N) is 4. The second-order valence-corrected chi connectivity index (χ2v) is 7.21. The second kappa shape index (κ2) is 7.07. The zero-order valence-electron chi connectivity index (χ0n) is 15.0. The lowest BCUT2D eigenvalue weighted by Crippen LogP contribution is -2.31. The van der Waals surface area contributed by atoms with Gasteiger partial charge in [-0.25, -0.2) is 0 Å². The van der Waals surface area contributed by atoms with E-state index in [9.17, 15) is 9.90 Å². The molecule has 0 aromatic heterocycles. The highest BCUT2D eigenvalue weighted by Crippen LogP contribution is 2.35. The summed E-state index contributed by atoms with van der Waals surface area (Å²) in [5.74, 6) is -0.702. The Morgan fingerprint density at radius 3 is 2.81 bits per heavy atom. The van der Waals surface area contributed by atoms with E-state index in [0.717, 1.165) is 27.5 Å². The van der Waals surface area contributed by atoms with Gasteiger partial charge in [-0.15, -0.1) is 11.8 Å². The SMILES string of the molecule is COc1ccc(CN2CC3=C4C(=NNN=C4C(C(=O)O)C3)C(SC)=N2)cc1. The number of nitrogens with one attached hydrogen (secondary N) is 1. The Kier molecular flexibility index (Phi) is 4.61. The number of ether oxygens (including phenoxy) is 1. The molecule has 1 aliphatic carbocycles. The van der Waals surface area contributed by atoms with Crippen molar-refractivity contribution >= 4 is 34.2 Å². The number of methoxy groups -OCH3 is 1. The van der Waals surface area contributed by atoms with Crippen LogP contribution in [0.3, 0.4) is 0 Å². The highest BCUT2D eigenvalue weighted by atomic mass is 32.2. The number of allylic oxidation sites excluding steroid dienone is 1. The smallest absolute Gasteiger partial charge is 0.313 e. The third kappa shape index (κ3) is 3.18. The molecule has 0 saturated heterocycles. The Balaban J connectivity index is 1.67. The molecule has 1 aromatic rings. The van der Waals surface area contributed by atoms with Crippen LogP contribution < -0.4 is 10.3 Å². The highest BCUT2D eigenvalue weighted by Gasteiger charge is 2.42. The number of rotatable bonds is 4. The highest BCUT2D eigenvalue weighted by molar-refractivity contribution is 8.15. The quantitative estimate of drug-likeness (QED) is 0.821. The summed E-state index contributed by atoms with van der Waals surface area (Å²) in [5, 5.41) is 25.5. The monoisotopic (exact) mass is 385 g/mol. The van der Waals surface area contributed by atoms with E-state index in [1.807, 2.05) is 35.5 Å². The summed E-state index contributed by atoms with van der Waals surface area (Å²) in [4.78, 5) is 11.7. The molecule has 3 aliphatic rings. The number of carboxylic acids is 1. The van der Waals surface area contributed by atoms with Crippen LogP contribution in [0.15, 0.2) is 50.7 Å². The van der Waals surface area contributed by atoms with Gasteiger partial charge in [-0.1, -0.05) is 12.1 Å². The predicted molar refractivity (Wildman–Crippen MR) is 105 cm³/mol. The molecule has 9 heteroatoms. The molecule has 1 atom stereocenters. The van der Waals surface area contributed by atoms with Crippen molar-refractivity contribution in [3.63, 3.8) is 0 Å². The first kappa shape index (κ1) is 17.6. The van der Waals surface area contributed by atoms with Crippen LogP contribution in [-0.4, -0.2) is 52.5 Å². The van der Waals surface area contributed by atoms with Crippen LogP contribution >= 0.6 is 11.8 Å². The number of thioether (sulfide) groups is 1. The fourth-order valence-corrected chi connectivity index (χ4v) is 4.05. The number of carboxylic acid groups (broad SMARTS) is 1. The summed E-state index contributed by atoms with van der Waals surface area (Å²) in [7, 11) is 1.64. The van der Waals surface area contributed by atoms with E-state index >= 15 is 0 Å². The van der Waals surface area contributed by atoms with Crippen molar-refractivity contribution in [1.82, 2.24) is 10.5 Å². The third-order valence-electron chi connectivity index (χ3n) is 4.78. The molecule has 0 bridgehead atoms. The Labute approximate surface area is 160 Å². The van der Waals surface area contributed by atoms with Crippen LogP contribution in [0.25, 0.3) is 0 Å². The molecule has 0 saturated carbocycles. The van der Waals surface area contributed by atoms with Gasteiger partial charge in [-0.05, 0) is 35.9 Å². The van der Waals surface area contributed by atoms with Crippen LogP contribution in [0.2, 0.25) is 0 Å². The Bertz CT molecular complexity index is 904. The lowest BCUT2D eigenvalue weighted by Gasteiger charge is -2.20. The van der Waals surface area contributed by atoms with E-state index in [2.05, 4.69) is 15.7 Å². The molecule has 2 N–H and O–H groups in total. The van der Waals surface area contributed by atoms with E-state index in [-0.39, 0.29) is 0 Å². The van der Waals surface area contributed by atoms with Crippen LogP contribution in [0, 0.1) is 5.92 Å². The van der Waals surface area contributed by atoms with E-state index in [4.69, 9.17) is 9.84 Å². The number of hydrogen-bond acceptors (Lipinski definition) is 8. The molecular formula is C18H19N5O3S. The summed E-state index contributed by atoms with van der Waals surface area (Å²) in [6.07, 6.45) is 2.37. The van der Waals surface area contributed by atoms with Crippen molar-refractivity contribution in [2.75, 3.05) is 19.9 Å². The Hall–Kier alpha value is -2.81. The first-order valence-corrected chi connectivity index (χ1v) is 9.70. The van der Waals surface area contributed by atoms with E-state index in [0.29, 0.717) is 30.9 Å². The predicted octanol–water partition coefficient (Wildman–Crippen LogP) is 1.90. The van der Waals surface area contributed by atoms with Gasteiger partial charge in [-0.3, -0.25) is 9.80 Å². The van der Waals surface area contributed by atoms with E-state index < -0.39 is 11.9 Å². The number of hydrazone groups is 3. The summed E-state index contributed by atoms with van der Waals surface area (Å²) in [5.41, 5.74) is 6.80. The molecule has 140 valence electrons. The zero-order valence-corrected chi connectivity index (χ0v) is 15.8. The van der Waals surface area contributed by atoms with Crippen molar-refractivity contribution in [1.29, 1.82) is 0 Å². The largest absolute Gasteiger partial charge is 0.497 e. The van der Waals surface area contributed by atoms with E-state index in [1.165, 1.54) is 11.8 Å². The lowest BCUT2D eigenvalue weighted by molar-refractivity contribution is -0.139. The van der Waals surface area contributed by atoms with Gasteiger partial charge < -0.3 is 9.84 Å². The molecular weight excluding hydrogens is 366 g/mol. The van der Waals surface area contributed by atoms with Gasteiger partial charge in [-0.2, -0.15) is 20.8 Å². The van der Waals surface area contributed by atoms with Crippen LogP contribution in [-0.2, 0) is 11.3 Å². The van der Waals surface area contributed by atoms with Crippen LogP contribution in [0.5, 0.6) is 5.75 Å². The molecule has 27 heavy (non-hydrogen) atoms. The topological polar surface area (TPSA) is 98.9 Å². The van der Waals surface area contributed by atoms with Crippen LogP contribution in [0.1, 0.15) is 12.0 Å². The van der Waals surface area contributed by atoms with Gasteiger partial charge in [0.25, 0.3) is 0 Å². The van der Waals surface area contributed by atoms with Crippen molar-refractivity contribution in [3.8, 4) is 5.75 Å². The average molecular weight is 385 g/mol. The first-order valence-electron chi connectivity index (χ1n) is 8.47. The fourth-order valence-electron chi connectivity index (χ4n) is 3.51. The maximum absolute atomic E-state index is 11.7. The van der Waals surface area contributed by atoms with Gasteiger partial charge in [0.1, 0.15) is 22.4 Å². The third-order valence-corrected chi connectivity index (χ3v) is 5.44. The minimum Gasteiger partial charge on any atom is -0.497 e. The second-order valence-electron chi connectivity index (χ2n) is 6.41. The molecule has 2 aliphatic heterocycles. The molecule has 4 rings (SSSR count). The minimum absolute atomic E-state index is 0.431. The van der Waals surface area contributed by atoms with Gasteiger partial charge in [0.2, 0.25) is 0 Å². The Morgan fingerprint density at radius 2 is 2.15 bits per heavy atom. The molecule has 0 fully saturated rings. The van der Waals surface area contributed by atoms with Crippen molar-refractivity contribution in [2.45, 2.75) is 13.0 Å². The van der Waals surface area contributed by atoms with Crippen molar-refractivity contribution in [2.24, 2.45) is 21.2 Å². The first-order chi connectivity index (χ1) is 13.1. The van der Waals surface area contributed by atoms with Crippen molar-refractivity contribution in [3.05, 3.63) is 41.0 Å². The number of carbonyl (C=O) groups is 1. The normalized spacial score (nSPS) is 20.9. The number of aliphatic carboxylic acids is 1. The molecule has 0 spiro atoms. The molecule has 2 heterocycles. The lowest BCUT2D eigenvalue weighted by atomic mass is 10.0. The molecule has 1 aromatic carbocycles. The van der Waals surface area contributed by atoms with Gasteiger partial charge in [0.15, 0.2) is 0 Å². The Morgan fingerprint density at radius 1 is 1.37 bits per heavy atom. The van der Waals surface area contributed by atoms with Crippen LogP contribution in [0.4, 0.5) is 0 Å². The molecule has 0 amide bonds.